The number of sulfonamides is 1. The molecule has 0 radical (unpaired) electrons. The highest BCUT2D eigenvalue weighted by atomic mass is 32.2. The van der Waals surface area contributed by atoms with Gasteiger partial charge in [-0.15, -0.1) is 0 Å². The van der Waals surface area contributed by atoms with Gasteiger partial charge in [0.2, 0.25) is 5.91 Å². The Morgan fingerprint density at radius 2 is 1.52 bits per heavy atom. The number of carbonyl (C=O) groups is 2. The van der Waals surface area contributed by atoms with Gasteiger partial charge in [0, 0.05) is 18.2 Å². The van der Waals surface area contributed by atoms with Crippen molar-refractivity contribution >= 4 is 33.6 Å². The van der Waals surface area contributed by atoms with E-state index in [9.17, 15) is 18.0 Å². The first-order valence-corrected chi connectivity index (χ1v) is 8.94. The fraction of sp³-hybridized carbons (Fsp3) is 0.111. The van der Waals surface area contributed by atoms with Crippen LogP contribution in [0.5, 0.6) is 0 Å². The standard InChI is InChI=1S/C18H18N2O4S/c1-13(12-15-6-4-3-5-7-15)18(22)19-16-8-10-17(11-9-16)25(23,24)20-14(2)21/h3-12H,1-2H3,(H,19,22)(H,20,21)/b13-12+. The van der Waals surface area contributed by atoms with Gasteiger partial charge in [-0.3, -0.25) is 9.59 Å². The van der Waals surface area contributed by atoms with Crippen LogP contribution in [0.4, 0.5) is 5.69 Å². The minimum atomic E-state index is -3.89. The predicted octanol–water partition coefficient (Wildman–Crippen LogP) is 2.55. The van der Waals surface area contributed by atoms with E-state index in [4.69, 9.17) is 0 Å². The Balaban J connectivity index is 2.09. The SMILES string of the molecule is CC(=O)NS(=O)(=O)c1ccc(NC(=O)/C(C)=C/c2ccccc2)cc1. The third-order valence-electron chi connectivity index (χ3n) is 3.24. The van der Waals surface area contributed by atoms with E-state index in [1.807, 2.05) is 35.1 Å². The molecule has 25 heavy (non-hydrogen) atoms. The van der Waals surface area contributed by atoms with Gasteiger partial charge in [0.1, 0.15) is 0 Å². The van der Waals surface area contributed by atoms with Gasteiger partial charge in [0.15, 0.2) is 0 Å². The lowest BCUT2D eigenvalue weighted by Gasteiger charge is -2.08. The van der Waals surface area contributed by atoms with Crippen molar-refractivity contribution in [2.75, 3.05) is 5.32 Å². The lowest BCUT2D eigenvalue weighted by molar-refractivity contribution is -0.117. The van der Waals surface area contributed by atoms with Gasteiger partial charge in [-0.05, 0) is 42.8 Å². The van der Waals surface area contributed by atoms with Gasteiger partial charge in [0.25, 0.3) is 15.9 Å². The first kappa shape index (κ1) is 18.4. The molecule has 0 fully saturated rings. The summed E-state index contributed by atoms with van der Waals surface area (Å²) >= 11 is 0. The lowest BCUT2D eigenvalue weighted by Crippen LogP contribution is -2.28. The van der Waals surface area contributed by atoms with Crippen molar-refractivity contribution < 1.29 is 18.0 Å². The summed E-state index contributed by atoms with van der Waals surface area (Å²) < 4.78 is 25.6. The van der Waals surface area contributed by atoms with Crippen LogP contribution in [0.25, 0.3) is 6.08 Å². The van der Waals surface area contributed by atoms with Gasteiger partial charge >= 0.3 is 0 Å². The Morgan fingerprint density at radius 3 is 2.08 bits per heavy atom. The third kappa shape index (κ3) is 5.29. The zero-order valence-electron chi connectivity index (χ0n) is 13.8. The van der Waals surface area contributed by atoms with Crippen LogP contribution >= 0.6 is 0 Å². The van der Waals surface area contributed by atoms with E-state index in [2.05, 4.69) is 5.32 Å². The molecule has 0 bridgehead atoms. The second kappa shape index (κ2) is 7.76. The zero-order valence-corrected chi connectivity index (χ0v) is 14.6. The lowest BCUT2D eigenvalue weighted by atomic mass is 10.1. The van der Waals surface area contributed by atoms with E-state index < -0.39 is 15.9 Å². The molecule has 0 saturated heterocycles. The summed E-state index contributed by atoms with van der Waals surface area (Å²) in [7, 11) is -3.89. The van der Waals surface area contributed by atoms with Crippen LogP contribution < -0.4 is 10.0 Å². The van der Waals surface area contributed by atoms with Crippen LogP contribution in [0.2, 0.25) is 0 Å². The first-order valence-electron chi connectivity index (χ1n) is 7.46. The number of anilines is 1. The molecule has 130 valence electrons. The van der Waals surface area contributed by atoms with Gasteiger partial charge in [-0.2, -0.15) is 0 Å². The van der Waals surface area contributed by atoms with Crippen LogP contribution in [0.1, 0.15) is 19.4 Å². The Kier molecular flexibility index (Phi) is 5.71. The fourth-order valence-corrected chi connectivity index (χ4v) is 3.05. The molecule has 0 saturated carbocycles. The third-order valence-corrected chi connectivity index (χ3v) is 4.69. The van der Waals surface area contributed by atoms with Crippen LogP contribution in [-0.4, -0.2) is 20.2 Å². The summed E-state index contributed by atoms with van der Waals surface area (Å²) in [6.45, 7) is 2.81. The number of hydrogen-bond acceptors (Lipinski definition) is 4. The average Bonchev–Trinajstić information content (AvgIpc) is 2.55. The Labute approximate surface area is 146 Å². The maximum atomic E-state index is 12.2. The van der Waals surface area contributed by atoms with Crippen molar-refractivity contribution in [3.63, 3.8) is 0 Å². The summed E-state index contributed by atoms with van der Waals surface area (Å²) in [6, 6.07) is 15.0. The summed E-state index contributed by atoms with van der Waals surface area (Å²) in [5.74, 6) is -0.958. The number of carbonyl (C=O) groups excluding carboxylic acids is 2. The molecule has 0 aliphatic carbocycles. The normalized spacial score (nSPS) is 11.7. The second-order valence-corrected chi connectivity index (χ2v) is 7.06. The first-order chi connectivity index (χ1) is 11.8. The summed E-state index contributed by atoms with van der Waals surface area (Å²) in [4.78, 5) is 23.0. The predicted molar refractivity (Wildman–Crippen MR) is 96.2 cm³/mol. The van der Waals surface area contributed by atoms with Gasteiger partial charge < -0.3 is 5.32 Å². The smallest absolute Gasteiger partial charge is 0.264 e. The fourth-order valence-electron chi connectivity index (χ4n) is 2.06. The molecule has 2 aromatic rings. The van der Waals surface area contributed by atoms with Crippen molar-refractivity contribution in [1.82, 2.24) is 4.72 Å². The van der Waals surface area contributed by atoms with Crippen LogP contribution in [0.3, 0.4) is 0 Å². The topological polar surface area (TPSA) is 92.3 Å². The van der Waals surface area contributed by atoms with Crippen LogP contribution in [0, 0.1) is 0 Å². The quantitative estimate of drug-likeness (QED) is 0.804. The second-order valence-electron chi connectivity index (χ2n) is 5.38. The van der Waals surface area contributed by atoms with E-state index >= 15 is 0 Å². The number of hydrogen-bond donors (Lipinski definition) is 2. The summed E-state index contributed by atoms with van der Waals surface area (Å²) in [6.07, 6.45) is 1.75. The van der Waals surface area contributed by atoms with Gasteiger partial charge in [0.05, 0.1) is 4.90 Å². The highest BCUT2D eigenvalue weighted by Gasteiger charge is 2.15. The van der Waals surface area contributed by atoms with Crippen LogP contribution in [0.15, 0.2) is 65.1 Å². The summed E-state index contributed by atoms with van der Waals surface area (Å²) in [5.41, 5.74) is 1.88. The van der Waals surface area contributed by atoms with Crippen LogP contribution in [-0.2, 0) is 19.6 Å². The highest BCUT2D eigenvalue weighted by molar-refractivity contribution is 7.90. The molecule has 2 rings (SSSR count). The number of benzene rings is 2. The molecule has 0 atom stereocenters. The Bertz CT molecular complexity index is 902. The Hall–Kier alpha value is -2.93. The number of amides is 2. The van der Waals surface area contributed by atoms with E-state index in [0.29, 0.717) is 11.3 Å². The molecule has 0 unspecified atom stereocenters. The molecule has 2 amide bonds. The monoisotopic (exact) mass is 358 g/mol. The van der Waals surface area contributed by atoms with Gasteiger partial charge in [-0.1, -0.05) is 30.3 Å². The van der Waals surface area contributed by atoms with E-state index in [0.717, 1.165) is 12.5 Å². The number of nitrogens with one attached hydrogen (secondary N) is 2. The van der Waals surface area contributed by atoms with Crippen molar-refractivity contribution in [2.24, 2.45) is 0 Å². The molecule has 6 nitrogen and oxygen atoms in total. The van der Waals surface area contributed by atoms with Crippen molar-refractivity contribution in [3.05, 3.63) is 65.7 Å². The number of rotatable bonds is 5. The zero-order chi connectivity index (χ0) is 18.4. The molecule has 0 aliphatic heterocycles. The molecule has 0 aliphatic rings. The minimum Gasteiger partial charge on any atom is -0.322 e. The molecular weight excluding hydrogens is 340 g/mol. The summed E-state index contributed by atoms with van der Waals surface area (Å²) in [5, 5.41) is 2.69. The van der Waals surface area contributed by atoms with E-state index in [-0.39, 0.29) is 10.8 Å². The van der Waals surface area contributed by atoms with Crippen molar-refractivity contribution in [1.29, 1.82) is 0 Å². The maximum absolute atomic E-state index is 12.2. The minimum absolute atomic E-state index is 0.0581. The molecule has 0 spiro atoms. The maximum Gasteiger partial charge on any atom is 0.264 e. The largest absolute Gasteiger partial charge is 0.322 e. The molecule has 2 N–H and O–H groups in total. The van der Waals surface area contributed by atoms with Crippen molar-refractivity contribution in [2.45, 2.75) is 18.7 Å². The molecule has 7 heteroatoms. The highest BCUT2D eigenvalue weighted by Crippen LogP contribution is 2.15. The molecular formula is C18H18N2O4S. The average molecular weight is 358 g/mol. The molecule has 0 aromatic heterocycles. The van der Waals surface area contributed by atoms with Crippen molar-refractivity contribution in [3.8, 4) is 0 Å². The van der Waals surface area contributed by atoms with E-state index in [1.165, 1.54) is 24.3 Å². The molecule has 2 aromatic carbocycles. The van der Waals surface area contributed by atoms with E-state index in [1.54, 1.807) is 13.0 Å². The Morgan fingerprint density at radius 1 is 0.920 bits per heavy atom. The van der Waals surface area contributed by atoms with Gasteiger partial charge in [-0.25, -0.2) is 13.1 Å². The molecule has 0 heterocycles.